The number of carbonyl (C=O) groups excluding carboxylic acids is 1. The van der Waals surface area contributed by atoms with Gasteiger partial charge in [0, 0.05) is 22.7 Å². The summed E-state index contributed by atoms with van der Waals surface area (Å²) >= 11 is 5.94. The fraction of sp³-hybridized carbons (Fsp3) is 0.438. The third kappa shape index (κ3) is 4.76. The number of benzene rings is 1. The van der Waals surface area contributed by atoms with E-state index in [1.807, 2.05) is 0 Å². The fourth-order valence-electron chi connectivity index (χ4n) is 2.47. The highest BCUT2D eigenvalue weighted by Gasteiger charge is 2.19. The molecule has 1 saturated carbocycles. The van der Waals surface area contributed by atoms with E-state index in [2.05, 4.69) is 5.32 Å². The minimum absolute atomic E-state index is 0.140. The average Bonchev–Trinajstić information content (AvgIpc) is 2.48. The lowest BCUT2D eigenvalue weighted by molar-refractivity contribution is -0.117. The molecule has 1 aliphatic rings. The SMILES string of the molecule is COc1ccc(Cl)cc1/C=C\C(=O)NC1CCC(O)CC1. The minimum atomic E-state index is -0.218. The van der Waals surface area contributed by atoms with Crippen LogP contribution < -0.4 is 10.1 Å². The number of ether oxygens (including phenoxy) is 1. The summed E-state index contributed by atoms with van der Waals surface area (Å²) in [5, 5.41) is 13.0. The predicted molar refractivity (Wildman–Crippen MR) is 83.4 cm³/mol. The Labute approximate surface area is 129 Å². The molecule has 4 nitrogen and oxygen atoms in total. The van der Waals surface area contributed by atoms with Crippen molar-refractivity contribution in [2.75, 3.05) is 7.11 Å². The lowest BCUT2D eigenvalue weighted by atomic mass is 9.93. The van der Waals surface area contributed by atoms with Crippen LogP contribution in [0.3, 0.4) is 0 Å². The van der Waals surface area contributed by atoms with Crippen LogP contribution in [0, 0.1) is 0 Å². The van der Waals surface area contributed by atoms with Crippen molar-refractivity contribution in [1.82, 2.24) is 5.32 Å². The first-order valence-corrected chi connectivity index (χ1v) is 7.46. The van der Waals surface area contributed by atoms with E-state index in [9.17, 15) is 9.90 Å². The number of hydrogen-bond acceptors (Lipinski definition) is 3. The largest absolute Gasteiger partial charge is 0.496 e. The van der Waals surface area contributed by atoms with Gasteiger partial charge in [0.05, 0.1) is 13.2 Å². The minimum Gasteiger partial charge on any atom is -0.496 e. The Balaban J connectivity index is 1.94. The monoisotopic (exact) mass is 309 g/mol. The Morgan fingerprint density at radius 1 is 1.38 bits per heavy atom. The van der Waals surface area contributed by atoms with Crippen molar-refractivity contribution < 1.29 is 14.6 Å². The second-order valence-corrected chi connectivity index (χ2v) is 5.67. The number of aliphatic hydroxyl groups excluding tert-OH is 1. The molecule has 0 heterocycles. The molecule has 5 heteroatoms. The molecule has 1 aromatic carbocycles. The summed E-state index contributed by atoms with van der Waals surface area (Å²) in [6.07, 6.45) is 6.09. The lowest BCUT2D eigenvalue weighted by Gasteiger charge is -2.25. The van der Waals surface area contributed by atoms with E-state index in [0.717, 1.165) is 31.2 Å². The number of carbonyl (C=O) groups is 1. The Morgan fingerprint density at radius 3 is 2.76 bits per heavy atom. The molecule has 1 aliphatic carbocycles. The Hall–Kier alpha value is -1.52. The van der Waals surface area contributed by atoms with Crippen molar-refractivity contribution in [3.8, 4) is 5.75 Å². The second kappa shape index (κ2) is 7.48. The topological polar surface area (TPSA) is 58.6 Å². The van der Waals surface area contributed by atoms with Crippen molar-refractivity contribution >= 4 is 23.6 Å². The van der Waals surface area contributed by atoms with E-state index in [1.54, 1.807) is 31.4 Å². The third-order valence-electron chi connectivity index (χ3n) is 3.65. The molecule has 1 aromatic rings. The van der Waals surface area contributed by atoms with Gasteiger partial charge in [0.2, 0.25) is 5.91 Å². The number of amides is 1. The summed E-state index contributed by atoms with van der Waals surface area (Å²) in [4.78, 5) is 11.9. The van der Waals surface area contributed by atoms with Crippen LogP contribution in [0.15, 0.2) is 24.3 Å². The first-order valence-electron chi connectivity index (χ1n) is 7.08. The Bertz CT molecular complexity index is 522. The molecule has 0 unspecified atom stereocenters. The summed E-state index contributed by atoms with van der Waals surface area (Å²) in [5.41, 5.74) is 0.763. The van der Waals surface area contributed by atoms with Gasteiger partial charge < -0.3 is 15.2 Å². The van der Waals surface area contributed by atoms with Gasteiger partial charge in [0.1, 0.15) is 5.75 Å². The van der Waals surface area contributed by atoms with Gasteiger partial charge in [0.25, 0.3) is 0 Å². The van der Waals surface area contributed by atoms with Crippen LogP contribution in [-0.2, 0) is 4.79 Å². The summed E-state index contributed by atoms with van der Waals surface area (Å²) in [6, 6.07) is 5.40. The highest BCUT2D eigenvalue weighted by atomic mass is 35.5. The zero-order valence-corrected chi connectivity index (χ0v) is 12.8. The van der Waals surface area contributed by atoms with Crippen LogP contribution in [0.5, 0.6) is 5.75 Å². The van der Waals surface area contributed by atoms with Crippen LogP contribution in [0.25, 0.3) is 6.08 Å². The Kier molecular flexibility index (Phi) is 5.65. The molecule has 0 saturated heterocycles. The molecular weight excluding hydrogens is 290 g/mol. The number of hydrogen-bond donors (Lipinski definition) is 2. The maximum absolute atomic E-state index is 11.9. The van der Waals surface area contributed by atoms with Gasteiger partial charge in [-0.1, -0.05) is 11.6 Å². The number of halogens is 1. The van der Waals surface area contributed by atoms with Crippen molar-refractivity contribution in [3.05, 3.63) is 34.9 Å². The molecule has 0 aromatic heterocycles. The van der Waals surface area contributed by atoms with Gasteiger partial charge in [0.15, 0.2) is 0 Å². The molecule has 2 rings (SSSR count). The van der Waals surface area contributed by atoms with E-state index in [0.29, 0.717) is 10.8 Å². The van der Waals surface area contributed by atoms with Crippen LogP contribution in [-0.4, -0.2) is 30.3 Å². The normalized spacial score (nSPS) is 22.2. The zero-order chi connectivity index (χ0) is 15.2. The van der Waals surface area contributed by atoms with E-state index < -0.39 is 0 Å². The number of aliphatic hydroxyl groups is 1. The van der Waals surface area contributed by atoms with Crippen molar-refractivity contribution in [3.63, 3.8) is 0 Å². The molecule has 0 radical (unpaired) electrons. The molecular formula is C16H20ClNO3. The maximum atomic E-state index is 11.9. The smallest absolute Gasteiger partial charge is 0.244 e. The molecule has 0 atom stereocenters. The molecule has 0 bridgehead atoms. The summed E-state index contributed by atoms with van der Waals surface area (Å²) in [6.45, 7) is 0. The molecule has 0 spiro atoms. The number of nitrogens with one attached hydrogen (secondary N) is 1. The lowest BCUT2D eigenvalue weighted by Crippen LogP contribution is -2.37. The maximum Gasteiger partial charge on any atom is 0.244 e. The zero-order valence-electron chi connectivity index (χ0n) is 12.0. The highest BCUT2D eigenvalue weighted by Crippen LogP contribution is 2.24. The van der Waals surface area contributed by atoms with Gasteiger partial charge in [-0.25, -0.2) is 0 Å². The van der Waals surface area contributed by atoms with Crippen molar-refractivity contribution in [2.24, 2.45) is 0 Å². The molecule has 114 valence electrons. The van der Waals surface area contributed by atoms with E-state index in [-0.39, 0.29) is 18.1 Å². The highest BCUT2D eigenvalue weighted by molar-refractivity contribution is 6.30. The van der Waals surface area contributed by atoms with Gasteiger partial charge >= 0.3 is 0 Å². The standard InChI is InChI=1S/C16H20ClNO3/c1-21-15-8-3-12(17)10-11(15)2-9-16(20)18-13-4-6-14(19)7-5-13/h2-3,8-10,13-14,19H,4-7H2,1H3,(H,18,20)/b9-2-. The van der Waals surface area contributed by atoms with Gasteiger partial charge in [-0.15, -0.1) is 0 Å². The van der Waals surface area contributed by atoms with Crippen LogP contribution in [0.4, 0.5) is 0 Å². The third-order valence-corrected chi connectivity index (χ3v) is 3.88. The summed E-state index contributed by atoms with van der Waals surface area (Å²) in [5.74, 6) is 0.530. The quantitative estimate of drug-likeness (QED) is 0.841. The average molecular weight is 310 g/mol. The molecule has 1 amide bonds. The van der Waals surface area contributed by atoms with Gasteiger partial charge in [-0.2, -0.15) is 0 Å². The van der Waals surface area contributed by atoms with E-state index in [1.165, 1.54) is 6.08 Å². The fourth-order valence-corrected chi connectivity index (χ4v) is 2.65. The number of methoxy groups -OCH3 is 1. The van der Waals surface area contributed by atoms with Gasteiger partial charge in [-0.3, -0.25) is 4.79 Å². The second-order valence-electron chi connectivity index (χ2n) is 5.23. The molecule has 21 heavy (non-hydrogen) atoms. The Morgan fingerprint density at radius 2 is 2.10 bits per heavy atom. The first kappa shape index (κ1) is 15.9. The van der Waals surface area contributed by atoms with Crippen LogP contribution in [0.2, 0.25) is 5.02 Å². The molecule has 2 N–H and O–H groups in total. The molecule has 0 aliphatic heterocycles. The summed E-state index contributed by atoms with van der Waals surface area (Å²) < 4.78 is 5.22. The van der Waals surface area contributed by atoms with Crippen molar-refractivity contribution in [1.29, 1.82) is 0 Å². The van der Waals surface area contributed by atoms with E-state index >= 15 is 0 Å². The van der Waals surface area contributed by atoms with Crippen LogP contribution in [0.1, 0.15) is 31.2 Å². The predicted octanol–water partition coefficient (Wildman–Crippen LogP) is 2.78. The van der Waals surface area contributed by atoms with E-state index in [4.69, 9.17) is 16.3 Å². The molecule has 1 fully saturated rings. The van der Waals surface area contributed by atoms with Gasteiger partial charge in [-0.05, 0) is 50.0 Å². The number of rotatable bonds is 4. The first-order chi connectivity index (χ1) is 10.1. The van der Waals surface area contributed by atoms with Crippen LogP contribution >= 0.6 is 11.6 Å². The van der Waals surface area contributed by atoms with Crippen molar-refractivity contribution in [2.45, 2.75) is 37.8 Å². The summed E-state index contributed by atoms with van der Waals surface area (Å²) in [7, 11) is 1.58.